The normalized spacial score (nSPS) is 16.0. The zero-order valence-electron chi connectivity index (χ0n) is 17.0. The zero-order valence-corrected chi connectivity index (χ0v) is 17.0. The maximum absolute atomic E-state index is 12.9. The summed E-state index contributed by atoms with van der Waals surface area (Å²) in [6.45, 7) is -7.28. The number of ether oxygens (including phenoxy) is 2. The lowest BCUT2D eigenvalue weighted by Crippen LogP contribution is -2.53. The van der Waals surface area contributed by atoms with Gasteiger partial charge in [0.15, 0.2) is 5.75 Å². The van der Waals surface area contributed by atoms with Crippen LogP contribution in [0.1, 0.15) is 0 Å². The Labute approximate surface area is 183 Å². The van der Waals surface area contributed by atoms with Gasteiger partial charge in [0.2, 0.25) is 5.91 Å². The fraction of sp³-hybridized carbons (Fsp3) is 0.556. The van der Waals surface area contributed by atoms with E-state index in [0.717, 1.165) is 12.1 Å². The first kappa shape index (κ1) is 26.6. The summed E-state index contributed by atoms with van der Waals surface area (Å²) in [5.74, 6) is -2.29. The lowest BCUT2D eigenvalue weighted by Gasteiger charge is -2.30. The van der Waals surface area contributed by atoms with E-state index in [4.69, 9.17) is 10.5 Å². The molecule has 1 saturated heterocycles. The van der Waals surface area contributed by atoms with E-state index < -0.39 is 62.5 Å². The third-order valence-corrected chi connectivity index (χ3v) is 4.46. The van der Waals surface area contributed by atoms with Gasteiger partial charge in [0.25, 0.3) is 12.3 Å². The van der Waals surface area contributed by atoms with Crippen molar-refractivity contribution in [2.45, 2.75) is 25.3 Å². The molecule has 1 aromatic rings. The molecule has 2 rings (SSSR count). The summed E-state index contributed by atoms with van der Waals surface area (Å²) in [7, 11) is 0. The summed E-state index contributed by atoms with van der Waals surface area (Å²) >= 11 is 0. The minimum absolute atomic E-state index is 0.119. The van der Waals surface area contributed by atoms with Crippen LogP contribution in [0.4, 0.5) is 42.1 Å². The molecule has 186 valence electrons. The van der Waals surface area contributed by atoms with Crippen LogP contribution in [0.2, 0.25) is 0 Å². The molecule has 1 heterocycles. The Hall–Kier alpha value is -2.65. The quantitative estimate of drug-likeness (QED) is 0.488. The van der Waals surface area contributed by atoms with Gasteiger partial charge in [0.05, 0.1) is 25.4 Å². The molecule has 3 N–H and O–H groups in total. The number of carbonyl (C=O) groups excluding carboxylic acids is 2. The topological polar surface area (TPSA) is 97.1 Å². The highest BCUT2D eigenvalue weighted by Crippen LogP contribution is 2.32. The predicted octanol–water partition coefficient (Wildman–Crippen LogP) is 2.05. The van der Waals surface area contributed by atoms with Gasteiger partial charge in [-0.2, -0.15) is 22.0 Å². The van der Waals surface area contributed by atoms with Crippen molar-refractivity contribution in [3.8, 4) is 5.75 Å². The Bertz CT molecular complexity index is 825. The van der Waals surface area contributed by atoms with Crippen LogP contribution in [-0.2, 0) is 14.3 Å². The lowest BCUT2D eigenvalue weighted by molar-refractivity contribution is -0.157. The van der Waals surface area contributed by atoms with Crippen molar-refractivity contribution in [3.05, 3.63) is 18.2 Å². The summed E-state index contributed by atoms with van der Waals surface area (Å²) in [5, 5.41) is 2.09. The van der Waals surface area contributed by atoms with Crippen molar-refractivity contribution in [2.75, 3.05) is 49.6 Å². The number of hydrogen-bond donors (Lipinski definition) is 2. The molecule has 1 aromatic carbocycles. The predicted molar refractivity (Wildman–Crippen MR) is 101 cm³/mol. The van der Waals surface area contributed by atoms with E-state index in [1.807, 2.05) is 0 Å². The molecular formula is C18H21F7N4O4. The minimum atomic E-state index is -4.90. The molecule has 1 fully saturated rings. The number of anilines is 2. The molecule has 0 aromatic heterocycles. The van der Waals surface area contributed by atoms with E-state index in [-0.39, 0.29) is 36.0 Å². The Morgan fingerprint density at radius 3 is 2.52 bits per heavy atom. The highest BCUT2D eigenvalue weighted by atomic mass is 19.4. The molecule has 0 radical (unpaired) electrons. The molecule has 0 saturated carbocycles. The van der Waals surface area contributed by atoms with Crippen molar-refractivity contribution in [1.29, 1.82) is 0 Å². The molecule has 2 amide bonds. The number of rotatable bonds is 10. The number of amides is 2. The van der Waals surface area contributed by atoms with Crippen LogP contribution in [-0.4, -0.2) is 81.4 Å². The van der Waals surface area contributed by atoms with Crippen LogP contribution in [0.3, 0.4) is 0 Å². The van der Waals surface area contributed by atoms with Crippen molar-refractivity contribution < 1.29 is 49.8 Å². The van der Waals surface area contributed by atoms with Gasteiger partial charge in [-0.25, -0.2) is 8.78 Å². The molecule has 1 atom stereocenters. The summed E-state index contributed by atoms with van der Waals surface area (Å²) in [6, 6.07) is 1.54. The average molecular weight is 490 g/mol. The standard InChI is InChI=1S/C18H21F7N4O4/c19-14(20)7-28(9-18(23,24)25)12(6-26)16(31)27-11-2-1-10(5-13(11)33-17(21)22)29-3-4-32-8-15(29)30/h1-2,5,12,14,17H,3-4,6-9,26H2,(H,27,31)/t12-/m0/s1. The second-order valence-electron chi connectivity index (χ2n) is 6.83. The van der Waals surface area contributed by atoms with Crippen molar-refractivity contribution in [2.24, 2.45) is 5.73 Å². The minimum Gasteiger partial charge on any atom is -0.433 e. The van der Waals surface area contributed by atoms with Crippen LogP contribution >= 0.6 is 0 Å². The first-order chi connectivity index (χ1) is 15.4. The van der Waals surface area contributed by atoms with Crippen molar-refractivity contribution in [3.63, 3.8) is 0 Å². The smallest absolute Gasteiger partial charge is 0.401 e. The van der Waals surface area contributed by atoms with E-state index in [0.29, 0.717) is 0 Å². The third kappa shape index (κ3) is 8.01. The number of nitrogens with zero attached hydrogens (tertiary/aromatic N) is 2. The molecule has 33 heavy (non-hydrogen) atoms. The van der Waals surface area contributed by atoms with Crippen LogP contribution < -0.4 is 20.7 Å². The van der Waals surface area contributed by atoms with Crippen LogP contribution in [0, 0.1) is 0 Å². The Kier molecular flexibility index (Phi) is 9.25. The molecule has 0 bridgehead atoms. The van der Waals surface area contributed by atoms with E-state index >= 15 is 0 Å². The Morgan fingerprint density at radius 2 is 1.97 bits per heavy atom. The fourth-order valence-corrected chi connectivity index (χ4v) is 3.11. The van der Waals surface area contributed by atoms with Gasteiger partial charge >= 0.3 is 12.8 Å². The summed E-state index contributed by atoms with van der Waals surface area (Å²) in [5.41, 5.74) is 5.12. The van der Waals surface area contributed by atoms with Gasteiger partial charge in [-0.1, -0.05) is 0 Å². The van der Waals surface area contributed by atoms with Gasteiger partial charge in [0, 0.05) is 24.8 Å². The monoisotopic (exact) mass is 490 g/mol. The van der Waals surface area contributed by atoms with Crippen LogP contribution in [0.15, 0.2) is 18.2 Å². The van der Waals surface area contributed by atoms with E-state index in [1.165, 1.54) is 11.0 Å². The van der Waals surface area contributed by atoms with Gasteiger partial charge in [-0.3, -0.25) is 14.5 Å². The average Bonchev–Trinajstić information content (AvgIpc) is 2.68. The number of nitrogens with two attached hydrogens (primary N) is 1. The molecule has 8 nitrogen and oxygen atoms in total. The third-order valence-electron chi connectivity index (χ3n) is 4.46. The number of nitrogens with one attached hydrogen (secondary N) is 1. The molecule has 0 unspecified atom stereocenters. The summed E-state index contributed by atoms with van der Waals surface area (Å²) < 4.78 is 99.1. The van der Waals surface area contributed by atoms with Gasteiger partial charge in [-0.15, -0.1) is 0 Å². The maximum atomic E-state index is 12.9. The largest absolute Gasteiger partial charge is 0.433 e. The van der Waals surface area contributed by atoms with Crippen LogP contribution in [0.25, 0.3) is 0 Å². The molecule has 15 heteroatoms. The number of morpholine rings is 1. The first-order valence-electron chi connectivity index (χ1n) is 9.48. The Morgan fingerprint density at radius 1 is 1.27 bits per heavy atom. The number of alkyl halides is 7. The second-order valence-corrected chi connectivity index (χ2v) is 6.83. The number of carbonyl (C=O) groups is 2. The number of benzene rings is 1. The molecule has 1 aliphatic rings. The van der Waals surface area contributed by atoms with Gasteiger partial charge in [0.1, 0.15) is 12.6 Å². The fourth-order valence-electron chi connectivity index (χ4n) is 3.11. The highest BCUT2D eigenvalue weighted by Gasteiger charge is 2.37. The highest BCUT2D eigenvalue weighted by molar-refractivity contribution is 5.98. The van der Waals surface area contributed by atoms with Crippen molar-refractivity contribution >= 4 is 23.2 Å². The van der Waals surface area contributed by atoms with E-state index in [2.05, 4.69) is 10.1 Å². The van der Waals surface area contributed by atoms with E-state index in [9.17, 15) is 40.3 Å². The van der Waals surface area contributed by atoms with Crippen molar-refractivity contribution in [1.82, 2.24) is 4.90 Å². The maximum Gasteiger partial charge on any atom is 0.401 e. The number of halogens is 7. The van der Waals surface area contributed by atoms with E-state index in [1.54, 1.807) is 0 Å². The summed E-state index contributed by atoms with van der Waals surface area (Å²) in [6.07, 6.45) is -8.10. The van der Waals surface area contributed by atoms with Gasteiger partial charge in [-0.05, 0) is 12.1 Å². The lowest BCUT2D eigenvalue weighted by atomic mass is 10.2. The second kappa shape index (κ2) is 11.5. The molecule has 0 aliphatic carbocycles. The summed E-state index contributed by atoms with van der Waals surface area (Å²) in [4.78, 5) is 25.9. The SMILES string of the molecule is NC[C@@H](C(=O)Nc1ccc(N2CCOCC2=O)cc1OC(F)F)N(CC(F)F)CC(F)(F)F. The van der Waals surface area contributed by atoms with Crippen LogP contribution in [0.5, 0.6) is 5.75 Å². The molecule has 0 spiro atoms. The molecular weight excluding hydrogens is 469 g/mol. The zero-order chi connectivity index (χ0) is 24.8. The molecule has 1 aliphatic heterocycles. The van der Waals surface area contributed by atoms with Gasteiger partial charge < -0.3 is 25.4 Å². The number of hydrogen-bond acceptors (Lipinski definition) is 6. The Balaban J connectivity index is 2.29. The first-order valence-corrected chi connectivity index (χ1v) is 9.48.